The molecule has 1 saturated heterocycles. The number of aliphatic hydroxyl groups excluding tert-OH is 1. The fourth-order valence-corrected chi connectivity index (χ4v) is 3.32. The van der Waals surface area contributed by atoms with E-state index in [1.165, 1.54) is 0 Å². The van der Waals surface area contributed by atoms with Crippen molar-refractivity contribution in [1.29, 1.82) is 0 Å². The molecule has 4 heteroatoms. The van der Waals surface area contributed by atoms with Gasteiger partial charge >= 0.3 is 0 Å². The normalized spacial score (nSPS) is 37.8. The molecule has 0 aromatic carbocycles. The van der Waals surface area contributed by atoms with Crippen LogP contribution < -0.4 is 0 Å². The smallest absolute Gasteiger partial charge is 0.192 e. The minimum atomic E-state index is -1.73. The molecule has 100 valence electrons. The summed E-state index contributed by atoms with van der Waals surface area (Å²) < 4.78 is 11.9. The van der Waals surface area contributed by atoms with Crippen LogP contribution in [0.15, 0.2) is 0 Å². The standard InChI is InChI=1S/C13H26O3Si/c1-12(2,3)17(4,5)15-9-13-10(14)7-6-8-11(13)16-13/h10-11,14H,6-9H2,1-5H3/t10-,11+,13-/m1/s1. The summed E-state index contributed by atoms with van der Waals surface area (Å²) in [4.78, 5) is 0. The van der Waals surface area contributed by atoms with Crippen LogP contribution in [0, 0.1) is 0 Å². The summed E-state index contributed by atoms with van der Waals surface area (Å²) in [7, 11) is -1.73. The maximum Gasteiger partial charge on any atom is 0.192 e. The molecular formula is C13H26O3Si. The predicted molar refractivity (Wildman–Crippen MR) is 70.6 cm³/mol. The van der Waals surface area contributed by atoms with Crippen LogP contribution in [0.5, 0.6) is 0 Å². The average molecular weight is 258 g/mol. The molecule has 1 heterocycles. The second-order valence-electron chi connectivity index (χ2n) is 7.06. The lowest BCUT2D eigenvalue weighted by Gasteiger charge is -2.38. The Morgan fingerprint density at radius 2 is 2.00 bits per heavy atom. The van der Waals surface area contributed by atoms with Crippen molar-refractivity contribution >= 4 is 8.32 Å². The Labute approximate surface area is 106 Å². The van der Waals surface area contributed by atoms with Crippen molar-refractivity contribution < 1.29 is 14.3 Å². The molecule has 0 radical (unpaired) electrons. The number of fused-ring (bicyclic) bond motifs is 1. The zero-order valence-electron chi connectivity index (χ0n) is 11.7. The highest BCUT2D eigenvalue weighted by Crippen LogP contribution is 2.49. The molecule has 1 aliphatic heterocycles. The Kier molecular flexibility index (Phi) is 3.22. The van der Waals surface area contributed by atoms with E-state index < -0.39 is 8.32 Å². The summed E-state index contributed by atoms with van der Waals surface area (Å²) in [5, 5.41) is 10.3. The van der Waals surface area contributed by atoms with E-state index >= 15 is 0 Å². The minimum absolute atomic E-state index is 0.216. The summed E-state index contributed by atoms with van der Waals surface area (Å²) >= 11 is 0. The first-order chi connectivity index (χ1) is 7.69. The molecule has 0 amide bonds. The van der Waals surface area contributed by atoms with Gasteiger partial charge in [-0.2, -0.15) is 0 Å². The highest BCUT2D eigenvalue weighted by molar-refractivity contribution is 6.74. The van der Waals surface area contributed by atoms with Gasteiger partial charge in [0.15, 0.2) is 8.32 Å². The molecule has 3 nitrogen and oxygen atoms in total. The summed E-state index contributed by atoms with van der Waals surface area (Å²) in [6.45, 7) is 11.8. The molecule has 1 aliphatic carbocycles. The van der Waals surface area contributed by atoms with Gasteiger partial charge in [0.25, 0.3) is 0 Å². The van der Waals surface area contributed by atoms with Gasteiger partial charge in [0, 0.05) is 0 Å². The van der Waals surface area contributed by atoms with Crippen molar-refractivity contribution in [2.24, 2.45) is 0 Å². The summed E-state index contributed by atoms with van der Waals surface area (Å²) in [6.07, 6.45) is 2.94. The monoisotopic (exact) mass is 258 g/mol. The van der Waals surface area contributed by atoms with Crippen molar-refractivity contribution in [3.63, 3.8) is 0 Å². The van der Waals surface area contributed by atoms with Gasteiger partial charge in [-0.05, 0) is 37.4 Å². The Balaban J connectivity index is 1.95. The summed E-state index contributed by atoms with van der Waals surface area (Å²) in [5.41, 5.74) is -0.353. The first-order valence-electron chi connectivity index (χ1n) is 6.69. The Hall–Kier alpha value is 0.0969. The highest BCUT2D eigenvalue weighted by Gasteiger charge is 2.63. The maximum absolute atomic E-state index is 10.1. The molecule has 0 bridgehead atoms. The zero-order valence-corrected chi connectivity index (χ0v) is 12.7. The van der Waals surface area contributed by atoms with Crippen molar-refractivity contribution in [2.75, 3.05) is 6.61 Å². The molecule has 1 N–H and O–H groups in total. The van der Waals surface area contributed by atoms with Gasteiger partial charge < -0.3 is 14.3 Å². The number of rotatable bonds is 3. The van der Waals surface area contributed by atoms with Crippen LogP contribution in [0.25, 0.3) is 0 Å². The maximum atomic E-state index is 10.1. The zero-order chi connectivity index (χ0) is 12.9. The van der Waals surface area contributed by atoms with Crippen LogP contribution in [-0.2, 0) is 9.16 Å². The van der Waals surface area contributed by atoms with Crippen molar-refractivity contribution in [3.05, 3.63) is 0 Å². The molecule has 17 heavy (non-hydrogen) atoms. The van der Waals surface area contributed by atoms with Gasteiger partial charge in [-0.3, -0.25) is 0 Å². The lowest BCUT2D eigenvalue weighted by Crippen LogP contribution is -2.47. The molecule has 0 aromatic rings. The molecule has 3 atom stereocenters. The molecule has 2 fully saturated rings. The number of epoxide rings is 1. The molecule has 2 aliphatic rings. The second-order valence-corrected chi connectivity index (χ2v) is 11.9. The molecule has 2 rings (SSSR count). The topological polar surface area (TPSA) is 42.0 Å². The fourth-order valence-electron chi connectivity index (χ4n) is 2.30. The number of aliphatic hydroxyl groups is 1. The van der Waals surface area contributed by atoms with Gasteiger partial charge in [-0.25, -0.2) is 0 Å². The van der Waals surface area contributed by atoms with Crippen LogP contribution in [0.2, 0.25) is 18.1 Å². The third-order valence-corrected chi connectivity index (χ3v) is 9.30. The molecule has 0 spiro atoms. The fraction of sp³-hybridized carbons (Fsp3) is 1.00. The largest absolute Gasteiger partial charge is 0.414 e. The SMILES string of the molecule is CC(C)(C)[Si](C)(C)OC[C@]12O[C@H]1CCC[C@H]2O. The van der Waals surface area contributed by atoms with Crippen molar-refractivity contribution in [2.45, 2.75) is 76.0 Å². The molecule has 1 saturated carbocycles. The van der Waals surface area contributed by atoms with Gasteiger partial charge in [-0.1, -0.05) is 20.8 Å². The third kappa shape index (κ3) is 2.32. The van der Waals surface area contributed by atoms with E-state index in [2.05, 4.69) is 33.9 Å². The van der Waals surface area contributed by atoms with E-state index in [0.29, 0.717) is 6.61 Å². The highest BCUT2D eigenvalue weighted by atomic mass is 28.4. The van der Waals surface area contributed by atoms with E-state index in [1.807, 2.05) is 0 Å². The van der Waals surface area contributed by atoms with E-state index in [-0.39, 0.29) is 22.8 Å². The second kappa shape index (κ2) is 4.05. The van der Waals surface area contributed by atoms with Crippen LogP contribution in [-0.4, -0.2) is 37.8 Å². The van der Waals surface area contributed by atoms with Gasteiger partial charge in [0.1, 0.15) is 5.60 Å². The number of hydrogen-bond donors (Lipinski definition) is 1. The van der Waals surface area contributed by atoms with Crippen LogP contribution in [0.3, 0.4) is 0 Å². The van der Waals surface area contributed by atoms with Crippen molar-refractivity contribution in [3.8, 4) is 0 Å². The Morgan fingerprint density at radius 1 is 1.35 bits per heavy atom. The van der Waals surface area contributed by atoms with Gasteiger partial charge in [-0.15, -0.1) is 0 Å². The molecular weight excluding hydrogens is 232 g/mol. The van der Waals surface area contributed by atoms with E-state index in [4.69, 9.17) is 9.16 Å². The lowest BCUT2D eigenvalue weighted by molar-refractivity contribution is 0.0315. The van der Waals surface area contributed by atoms with Gasteiger partial charge in [0.2, 0.25) is 0 Å². The first-order valence-corrected chi connectivity index (χ1v) is 9.60. The Bertz CT molecular complexity index is 298. The van der Waals surface area contributed by atoms with Gasteiger partial charge in [0.05, 0.1) is 18.8 Å². The third-order valence-electron chi connectivity index (χ3n) is 4.82. The molecule has 0 unspecified atom stereocenters. The van der Waals surface area contributed by atoms with E-state index in [9.17, 15) is 5.11 Å². The van der Waals surface area contributed by atoms with Crippen molar-refractivity contribution in [1.82, 2.24) is 0 Å². The van der Waals surface area contributed by atoms with Crippen LogP contribution in [0.1, 0.15) is 40.0 Å². The van der Waals surface area contributed by atoms with E-state index in [0.717, 1.165) is 19.3 Å². The summed E-state index contributed by atoms with van der Waals surface area (Å²) in [6, 6.07) is 0. The quantitative estimate of drug-likeness (QED) is 0.625. The predicted octanol–water partition coefficient (Wildman–Crippen LogP) is 2.69. The van der Waals surface area contributed by atoms with Crippen LogP contribution >= 0.6 is 0 Å². The lowest BCUT2D eigenvalue weighted by atomic mass is 9.87. The first kappa shape index (κ1) is 13.5. The molecule has 0 aromatic heterocycles. The minimum Gasteiger partial charge on any atom is -0.414 e. The van der Waals surface area contributed by atoms with Crippen LogP contribution in [0.4, 0.5) is 0 Å². The Morgan fingerprint density at radius 3 is 2.53 bits per heavy atom. The van der Waals surface area contributed by atoms with E-state index in [1.54, 1.807) is 0 Å². The number of ether oxygens (including phenoxy) is 1. The summed E-state index contributed by atoms with van der Waals surface area (Å²) in [5.74, 6) is 0. The average Bonchev–Trinajstić information content (AvgIpc) is 2.90. The number of hydrogen-bond acceptors (Lipinski definition) is 3.